The average Bonchev–Trinajstić information content (AvgIpc) is 3.06. The lowest BCUT2D eigenvalue weighted by molar-refractivity contribution is 0.0153. The van der Waals surface area contributed by atoms with Gasteiger partial charge in [0.2, 0.25) is 0 Å². The Hall–Kier alpha value is -1.47. The quantitative estimate of drug-likeness (QED) is 0.934. The van der Waals surface area contributed by atoms with Gasteiger partial charge in [0, 0.05) is 20.1 Å². The normalized spacial score (nSPS) is 19.2. The molecule has 0 radical (unpaired) electrons. The van der Waals surface area contributed by atoms with Crippen LogP contribution in [-0.2, 0) is 11.2 Å². The minimum Gasteiger partial charge on any atom is -0.378 e. The fraction of sp³-hybridized carbons (Fsp3) is 0.615. The highest BCUT2D eigenvalue weighted by molar-refractivity contribution is 7.10. The van der Waals surface area contributed by atoms with Crippen molar-refractivity contribution < 1.29 is 9.26 Å². The Morgan fingerprint density at radius 1 is 1.40 bits per heavy atom. The largest absolute Gasteiger partial charge is 0.378 e. The molecule has 1 unspecified atom stereocenters. The van der Waals surface area contributed by atoms with Crippen molar-refractivity contribution >= 4 is 16.5 Å². The molecule has 20 heavy (non-hydrogen) atoms. The average molecular weight is 294 g/mol. The van der Waals surface area contributed by atoms with Crippen LogP contribution in [-0.4, -0.2) is 34.3 Å². The first kappa shape index (κ1) is 13.5. The van der Waals surface area contributed by atoms with Crippen molar-refractivity contribution in [3.63, 3.8) is 0 Å². The molecule has 2 aromatic rings. The minimum absolute atomic E-state index is 0.222. The molecule has 3 heterocycles. The molecule has 1 aliphatic rings. The summed E-state index contributed by atoms with van der Waals surface area (Å²) in [5, 5.41) is 8.13. The van der Waals surface area contributed by atoms with Crippen LogP contribution in [0.2, 0.25) is 0 Å². The van der Waals surface area contributed by atoms with Gasteiger partial charge in [-0.05, 0) is 37.7 Å². The van der Waals surface area contributed by atoms with Crippen LogP contribution < -0.4 is 5.32 Å². The predicted octanol–water partition coefficient (Wildman–Crippen LogP) is 2.65. The number of nitrogens with zero attached hydrogens (tertiary/aromatic N) is 3. The van der Waals surface area contributed by atoms with E-state index in [4.69, 9.17) is 9.26 Å². The van der Waals surface area contributed by atoms with Crippen LogP contribution in [0.4, 0.5) is 5.00 Å². The Balaban J connectivity index is 1.77. The zero-order valence-corrected chi connectivity index (χ0v) is 12.5. The Labute approximate surface area is 121 Å². The van der Waals surface area contributed by atoms with E-state index in [0.717, 1.165) is 42.1 Å². The molecule has 0 spiro atoms. The van der Waals surface area contributed by atoms with Crippen LogP contribution in [0.1, 0.15) is 30.8 Å². The maximum atomic E-state index is 5.71. The summed E-state index contributed by atoms with van der Waals surface area (Å²) in [4.78, 5) is 4.49. The van der Waals surface area contributed by atoms with Crippen LogP contribution in [0.3, 0.4) is 0 Å². The molecule has 1 N–H and O–H groups in total. The maximum absolute atomic E-state index is 5.71. The number of hydrogen-bond acceptors (Lipinski definition) is 7. The van der Waals surface area contributed by atoms with Gasteiger partial charge in [0.05, 0.1) is 17.4 Å². The van der Waals surface area contributed by atoms with Crippen molar-refractivity contribution in [2.45, 2.75) is 38.7 Å². The molecule has 0 aliphatic carbocycles. The lowest BCUT2D eigenvalue weighted by Gasteiger charge is -2.20. The molecule has 108 valence electrons. The summed E-state index contributed by atoms with van der Waals surface area (Å²) in [6.07, 6.45) is 4.38. The van der Waals surface area contributed by atoms with Gasteiger partial charge >= 0.3 is 0 Å². The van der Waals surface area contributed by atoms with Crippen molar-refractivity contribution in [1.29, 1.82) is 0 Å². The smallest absolute Gasteiger partial charge is 0.262 e. The zero-order chi connectivity index (χ0) is 13.9. The monoisotopic (exact) mass is 294 g/mol. The van der Waals surface area contributed by atoms with Crippen LogP contribution >= 0.6 is 11.5 Å². The summed E-state index contributed by atoms with van der Waals surface area (Å²) in [6.45, 7) is 2.79. The first-order chi connectivity index (χ1) is 9.78. The topological polar surface area (TPSA) is 73.1 Å². The van der Waals surface area contributed by atoms with E-state index >= 15 is 0 Å². The maximum Gasteiger partial charge on any atom is 0.262 e. The molecule has 0 bridgehead atoms. The molecule has 0 aromatic carbocycles. The summed E-state index contributed by atoms with van der Waals surface area (Å²) in [5.74, 6) is 1.24. The lowest BCUT2D eigenvalue weighted by Crippen LogP contribution is -2.21. The van der Waals surface area contributed by atoms with E-state index < -0.39 is 0 Å². The van der Waals surface area contributed by atoms with Crippen molar-refractivity contribution in [1.82, 2.24) is 14.5 Å². The molecule has 0 amide bonds. The van der Waals surface area contributed by atoms with Crippen molar-refractivity contribution in [2.75, 3.05) is 19.0 Å². The molecule has 1 fully saturated rings. The number of aromatic nitrogens is 3. The van der Waals surface area contributed by atoms with Gasteiger partial charge in [0.1, 0.15) is 5.00 Å². The summed E-state index contributed by atoms with van der Waals surface area (Å²) >= 11 is 1.40. The Kier molecular flexibility index (Phi) is 3.98. The van der Waals surface area contributed by atoms with E-state index in [1.54, 1.807) is 0 Å². The number of anilines is 1. The number of hydrogen-bond donors (Lipinski definition) is 1. The van der Waals surface area contributed by atoms with Crippen molar-refractivity contribution in [2.24, 2.45) is 0 Å². The van der Waals surface area contributed by atoms with Gasteiger partial charge in [-0.25, -0.2) is 0 Å². The minimum atomic E-state index is 0.222. The first-order valence-electron chi connectivity index (χ1n) is 6.86. The summed E-state index contributed by atoms with van der Waals surface area (Å²) in [7, 11) is 1.86. The van der Waals surface area contributed by atoms with Crippen molar-refractivity contribution in [3.05, 3.63) is 11.5 Å². The molecule has 0 saturated carbocycles. The molecule has 2 aromatic heterocycles. The third kappa shape index (κ3) is 2.69. The van der Waals surface area contributed by atoms with E-state index in [1.807, 2.05) is 14.0 Å². The number of aryl methyl sites for hydroxylation is 1. The Morgan fingerprint density at radius 3 is 3.05 bits per heavy atom. The fourth-order valence-corrected chi connectivity index (χ4v) is 3.14. The summed E-state index contributed by atoms with van der Waals surface area (Å²) < 4.78 is 15.4. The van der Waals surface area contributed by atoms with E-state index in [0.29, 0.717) is 11.7 Å². The SMILES string of the molecule is CNc1snc(C)c1-c1nc(CC2CCCCO2)no1. The van der Waals surface area contributed by atoms with Crippen LogP contribution in [0.15, 0.2) is 4.52 Å². The second-order valence-corrected chi connectivity index (χ2v) is 5.70. The third-order valence-electron chi connectivity index (χ3n) is 3.46. The molecule has 7 heteroatoms. The molecule has 6 nitrogen and oxygen atoms in total. The molecular weight excluding hydrogens is 276 g/mol. The highest BCUT2D eigenvalue weighted by atomic mass is 32.1. The molecule has 3 rings (SSSR count). The summed E-state index contributed by atoms with van der Waals surface area (Å²) in [6, 6.07) is 0. The van der Waals surface area contributed by atoms with Gasteiger partial charge in [0.15, 0.2) is 5.82 Å². The number of rotatable bonds is 4. The van der Waals surface area contributed by atoms with E-state index in [2.05, 4.69) is 19.8 Å². The molecule has 1 atom stereocenters. The fourth-order valence-electron chi connectivity index (χ4n) is 2.40. The second-order valence-electron chi connectivity index (χ2n) is 4.93. The van der Waals surface area contributed by atoms with Gasteiger partial charge in [-0.2, -0.15) is 9.36 Å². The molecule has 1 aliphatic heterocycles. The standard InChI is InChI=1S/C13H18N4O2S/c1-8-11(13(14-2)20-17-8)12-15-10(16-19-12)7-9-5-3-4-6-18-9/h9,14H,3-7H2,1-2H3. The Bertz CT molecular complexity index is 575. The van der Waals surface area contributed by atoms with Crippen LogP contribution in [0.5, 0.6) is 0 Å². The number of nitrogens with one attached hydrogen (secondary N) is 1. The third-order valence-corrected chi connectivity index (χ3v) is 4.41. The Morgan fingerprint density at radius 2 is 2.30 bits per heavy atom. The van der Waals surface area contributed by atoms with Gasteiger partial charge in [0.25, 0.3) is 5.89 Å². The van der Waals surface area contributed by atoms with Gasteiger partial charge < -0.3 is 14.6 Å². The molecular formula is C13H18N4O2S. The zero-order valence-electron chi connectivity index (χ0n) is 11.7. The van der Waals surface area contributed by atoms with Crippen molar-refractivity contribution in [3.8, 4) is 11.5 Å². The highest BCUT2D eigenvalue weighted by Crippen LogP contribution is 2.33. The van der Waals surface area contributed by atoms with Gasteiger partial charge in [-0.3, -0.25) is 0 Å². The predicted molar refractivity (Wildman–Crippen MR) is 77.0 cm³/mol. The van der Waals surface area contributed by atoms with E-state index in [1.165, 1.54) is 18.0 Å². The number of ether oxygens (including phenoxy) is 1. The lowest BCUT2D eigenvalue weighted by atomic mass is 10.1. The van der Waals surface area contributed by atoms with Gasteiger partial charge in [-0.1, -0.05) is 5.16 Å². The molecule has 1 saturated heterocycles. The van der Waals surface area contributed by atoms with Crippen LogP contribution in [0, 0.1) is 6.92 Å². The van der Waals surface area contributed by atoms with Gasteiger partial charge in [-0.15, -0.1) is 0 Å². The summed E-state index contributed by atoms with van der Waals surface area (Å²) in [5.41, 5.74) is 1.81. The van der Waals surface area contributed by atoms with Crippen LogP contribution in [0.25, 0.3) is 11.5 Å². The van der Waals surface area contributed by atoms with E-state index in [9.17, 15) is 0 Å². The first-order valence-corrected chi connectivity index (χ1v) is 7.64. The van der Waals surface area contributed by atoms with E-state index in [-0.39, 0.29) is 6.10 Å². The second kappa shape index (κ2) is 5.88. The highest BCUT2D eigenvalue weighted by Gasteiger charge is 2.21.